The zero-order valence-electron chi connectivity index (χ0n) is 10.6. The Morgan fingerprint density at radius 3 is 2.75 bits per heavy atom. The van der Waals surface area contributed by atoms with Gasteiger partial charge in [-0.25, -0.2) is 4.98 Å². The molecule has 0 unspecified atom stereocenters. The van der Waals surface area contributed by atoms with Crippen LogP contribution in [-0.2, 0) is 6.61 Å². The number of ether oxygens (including phenoxy) is 1. The number of nitrogens with zero attached hydrogens (tertiary/aromatic N) is 2. The summed E-state index contributed by atoms with van der Waals surface area (Å²) >= 11 is 5.95. The van der Waals surface area contributed by atoms with Crippen molar-refractivity contribution in [1.82, 2.24) is 9.97 Å². The third kappa shape index (κ3) is 2.65. The van der Waals surface area contributed by atoms with Gasteiger partial charge in [0.25, 0.3) is 0 Å². The Balaban J connectivity index is 1.91. The molecule has 0 fully saturated rings. The fourth-order valence-electron chi connectivity index (χ4n) is 1.95. The number of fused-ring (bicyclic) bond motifs is 1. The molecule has 1 heterocycles. The van der Waals surface area contributed by atoms with Gasteiger partial charge in [-0.05, 0) is 29.8 Å². The summed E-state index contributed by atoms with van der Waals surface area (Å²) in [6.45, 7) is 0.376. The predicted molar refractivity (Wildman–Crippen MR) is 79.7 cm³/mol. The van der Waals surface area contributed by atoms with Gasteiger partial charge in [-0.1, -0.05) is 35.9 Å². The average Bonchev–Trinajstić information content (AvgIpc) is 2.44. The maximum atomic E-state index is 5.95. The minimum atomic E-state index is 0.199. The van der Waals surface area contributed by atoms with Crippen LogP contribution in [0.2, 0.25) is 5.02 Å². The molecule has 5 heteroatoms. The fraction of sp³-hybridized carbons (Fsp3) is 0.0667. The summed E-state index contributed by atoms with van der Waals surface area (Å²) in [6.07, 6.45) is 0. The second kappa shape index (κ2) is 5.35. The minimum Gasteiger partial charge on any atom is -0.472 e. The summed E-state index contributed by atoms with van der Waals surface area (Å²) < 4.78 is 5.75. The van der Waals surface area contributed by atoms with Crippen molar-refractivity contribution >= 4 is 28.5 Å². The monoisotopic (exact) mass is 285 g/mol. The van der Waals surface area contributed by atoms with E-state index >= 15 is 0 Å². The van der Waals surface area contributed by atoms with E-state index in [0.29, 0.717) is 17.5 Å². The average molecular weight is 286 g/mol. The molecule has 0 radical (unpaired) electrons. The van der Waals surface area contributed by atoms with Crippen molar-refractivity contribution in [2.24, 2.45) is 0 Å². The van der Waals surface area contributed by atoms with Gasteiger partial charge < -0.3 is 10.5 Å². The van der Waals surface area contributed by atoms with Crippen LogP contribution in [0.25, 0.3) is 10.9 Å². The lowest BCUT2D eigenvalue weighted by molar-refractivity contribution is 0.298. The largest absolute Gasteiger partial charge is 0.472 e. The van der Waals surface area contributed by atoms with Crippen LogP contribution in [0.1, 0.15) is 5.56 Å². The Morgan fingerprint density at radius 2 is 1.90 bits per heavy atom. The van der Waals surface area contributed by atoms with Gasteiger partial charge >= 0.3 is 0 Å². The molecule has 0 aliphatic carbocycles. The Bertz CT molecular complexity index is 761. The van der Waals surface area contributed by atoms with Crippen LogP contribution in [0.5, 0.6) is 5.88 Å². The van der Waals surface area contributed by atoms with Crippen molar-refractivity contribution in [3.63, 3.8) is 0 Å². The van der Waals surface area contributed by atoms with Gasteiger partial charge in [0.2, 0.25) is 11.8 Å². The number of nitrogens with two attached hydrogens (primary N) is 1. The second-order valence-corrected chi connectivity index (χ2v) is 4.76. The van der Waals surface area contributed by atoms with E-state index in [2.05, 4.69) is 9.97 Å². The van der Waals surface area contributed by atoms with Crippen LogP contribution in [0.4, 0.5) is 5.95 Å². The summed E-state index contributed by atoms with van der Waals surface area (Å²) in [5.74, 6) is 0.679. The molecule has 100 valence electrons. The van der Waals surface area contributed by atoms with Crippen LogP contribution >= 0.6 is 11.6 Å². The SMILES string of the molecule is Nc1nc(OCc2cccc(Cl)c2)c2ccccc2n1. The summed E-state index contributed by atoms with van der Waals surface area (Å²) in [5, 5.41) is 1.52. The number of aromatic nitrogens is 2. The van der Waals surface area contributed by atoms with E-state index in [4.69, 9.17) is 22.1 Å². The summed E-state index contributed by atoms with van der Waals surface area (Å²) in [7, 11) is 0. The van der Waals surface area contributed by atoms with Gasteiger partial charge in [0.15, 0.2) is 0 Å². The molecule has 2 N–H and O–H groups in total. The Hall–Kier alpha value is -2.33. The molecule has 1 aromatic heterocycles. The van der Waals surface area contributed by atoms with Gasteiger partial charge in [0, 0.05) is 5.02 Å². The van der Waals surface area contributed by atoms with Crippen LogP contribution in [0, 0.1) is 0 Å². The van der Waals surface area contributed by atoms with Crippen LogP contribution in [0.3, 0.4) is 0 Å². The number of benzene rings is 2. The molecule has 0 aliphatic rings. The molecule has 0 saturated heterocycles. The van der Waals surface area contributed by atoms with Gasteiger partial charge in [-0.2, -0.15) is 4.98 Å². The highest BCUT2D eigenvalue weighted by Crippen LogP contribution is 2.24. The first kappa shape index (κ1) is 12.7. The first-order valence-electron chi connectivity index (χ1n) is 6.12. The summed E-state index contributed by atoms with van der Waals surface area (Å²) in [5.41, 5.74) is 7.43. The zero-order chi connectivity index (χ0) is 13.9. The van der Waals surface area contributed by atoms with E-state index in [-0.39, 0.29) is 5.95 Å². The molecule has 0 aliphatic heterocycles. The lowest BCUT2D eigenvalue weighted by Gasteiger charge is -2.09. The number of para-hydroxylation sites is 1. The molecule has 0 saturated carbocycles. The van der Waals surface area contributed by atoms with E-state index in [1.807, 2.05) is 48.5 Å². The molecule has 3 aromatic rings. The molecular weight excluding hydrogens is 274 g/mol. The smallest absolute Gasteiger partial charge is 0.226 e. The molecule has 20 heavy (non-hydrogen) atoms. The molecule has 2 aromatic carbocycles. The molecule has 0 spiro atoms. The third-order valence-electron chi connectivity index (χ3n) is 2.85. The van der Waals surface area contributed by atoms with Crippen molar-refractivity contribution in [3.05, 3.63) is 59.1 Å². The number of nitrogen functional groups attached to an aromatic ring is 1. The Kier molecular flexibility index (Phi) is 3.39. The van der Waals surface area contributed by atoms with Crippen LogP contribution in [0.15, 0.2) is 48.5 Å². The maximum absolute atomic E-state index is 5.95. The van der Waals surface area contributed by atoms with Crippen molar-refractivity contribution < 1.29 is 4.74 Å². The van der Waals surface area contributed by atoms with Crippen LogP contribution < -0.4 is 10.5 Å². The normalized spacial score (nSPS) is 10.7. The third-order valence-corrected chi connectivity index (χ3v) is 3.09. The highest BCUT2D eigenvalue weighted by Gasteiger charge is 2.07. The highest BCUT2D eigenvalue weighted by molar-refractivity contribution is 6.30. The molecule has 4 nitrogen and oxygen atoms in total. The van der Waals surface area contributed by atoms with E-state index in [1.54, 1.807) is 0 Å². The maximum Gasteiger partial charge on any atom is 0.226 e. The minimum absolute atomic E-state index is 0.199. The van der Waals surface area contributed by atoms with E-state index in [9.17, 15) is 0 Å². The quantitative estimate of drug-likeness (QED) is 0.801. The van der Waals surface area contributed by atoms with Crippen molar-refractivity contribution in [3.8, 4) is 5.88 Å². The van der Waals surface area contributed by atoms with Gasteiger partial charge in [0.05, 0.1) is 10.9 Å². The zero-order valence-corrected chi connectivity index (χ0v) is 11.3. The first-order valence-corrected chi connectivity index (χ1v) is 6.50. The summed E-state index contributed by atoms with van der Waals surface area (Å²) in [6, 6.07) is 15.1. The van der Waals surface area contributed by atoms with Crippen molar-refractivity contribution in [2.75, 3.05) is 5.73 Å². The topological polar surface area (TPSA) is 61.0 Å². The Morgan fingerprint density at radius 1 is 1.05 bits per heavy atom. The highest BCUT2D eigenvalue weighted by atomic mass is 35.5. The molecule has 0 atom stereocenters. The number of rotatable bonds is 3. The number of anilines is 1. The Labute approximate surface area is 121 Å². The van der Waals surface area contributed by atoms with Crippen molar-refractivity contribution in [1.29, 1.82) is 0 Å². The van der Waals surface area contributed by atoms with Crippen LogP contribution in [-0.4, -0.2) is 9.97 Å². The van der Waals surface area contributed by atoms with Gasteiger partial charge in [-0.15, -0.1) is 0 Å². The number of hydrogen-bond acceptors (Lipinski definition) is 4. The first-order chi connectivity index (χ1) is 9.72. The molecule has 0 bridgehead atoms. The predicted octanol–water partition coefficient (Wildman–Crippen LogP) is 3.44. The molecule has 3 rings (SSSR count). The second-order valence-electron chi connectivity index (χ2n) is 4.32. The van der Waals surface area contributed by atoms with Crippen molar-refractivity contribution in [2.45, 2.75) is 6.61 Å². The standard InChI is InChI=1S/C15H12ClN3O/c16-11-5-3-4-10(8-11)9-20-14-12-6-1-2-7-13(12)18-15(17)19-14/h1-8H,9H2,(H2,17,18,19). The molecule has 0 amide bonds. The summed E-state index contributed by atoms with van der Waals surface area (Å²) in [4.78, 5) is 8.32. The molecular formula is C15H12ClN3O. The van der Waals surface area contributed by atoms with Gasteiger partial charge in [-0.3, -0.25) is 0 Å². The fourth-order valence-corrected chi connectivity index (χ4v) is 2.17. The van der Waals surface area contributed by atoms with E-state index < -0.39 is 0 Å². The van der Waals surface area contributed by atoms with E-state index in [0.717, 1.165) is 16.5 Å². The number of halogens is 1. The number of hydrogen-bond donors (Lipinski definition) is 1. The van der Waals surface area contributed by atoms with E-state index in [1.165, 1.54) is 0 Å². The van der Waals surface area contributed by atoms with Gasteiger partial charge in [0.1, 0.15) is 6.61 Å². The lowest BCUT2D eigenvalue weighted by Crippen LogP contribution is -2.02. The lowest BCUT2D eigenvalue weighted by atomic mass is 10.2.